The molecule has 0 unspecified atom stereocenters. The van der Waals surface area contributed by atoms with Gasteiger partial charge >= 0.3 is 5.97 Å². The van der Waals surface area contributed by atoms with Crippen molar-refractivity contribution >= 4 is 21.9 Å². The molecule has 1 heterocycles. The van der Waals surface area contributed by atoms with E-state index in [1.807, 2.05) is 18.2 Å². The number of carboxylic acids is 1. The van der Waals surface area contributed by atoms with Gasteiger partial charge in [-0.3, -0.25) is 9.48 Å². The third-order valence-electron chi connectivity index (χ3n) is 1.97. The zero-order chi connectivity index (χ0) is 12.3. The first kappa shape index (κ1) is 11.7. The average molecular weight is 297 g/mol. The second-order valence-corrected chi connectivity index (χ2v) is 4.15. The number of nitrogens with zero attached hydrogens (tertiary/aromatic N) is 2. The largest absolute Gasteiger partial charge is 0.480 e. The highest BCUT2D eigenvalue weighted by atomic mass is 79.9. The average Bonchev–Trinajstić information content (AvgIpc) is 2.68. The molecule has 1 N–H and O–H groups in total. The highest BCUT2D eigenvalue weighted by molar-refractivity contribution is 9.10. The molecule has 17 heavy (non-hydrogen) atoms. The molecule has 5 nitrogen and oxygen atoms in total. The van der Waals surface area contributed by atoms with Gasteiger partial charge in [0.2, 0.25) is 0 Å². The monoisotopic (exact) mass is 296 g/mol. The van der Waals surface area contributed by atoms with Crippen molar-refractivity contribution in [2.45, 2.75) is 6.54 Å². The van der Waals surface area contributed by atoms with E-state index in [2.05, 4.69) is 21.0 Å². The molecular weight excluding hydrogens is 288 g/mol. The molecular formula is C11H9BrN2O3. The minimum atomic E-state index is -0.944. The van der Waals surface area contributed by atoms with Crippen LogP contribution in [0.4, 0.5) is 0 Å². The van der Waals surface area contributed by atoms with Gasteiger partial charge in [-0.15, -0.1) is 0 Å². The first-order chi connectivity index (χ1) is 8.15. The minimum Gasteiger partial charge on any atom is -0.480 e. The SMILES string of the molecule is O=C(O)Cn1cc(Oc2ccccc2Br)cn1. The Hall–Kier alpha value is -1.82. The van der Waals surface area contributed by atoms with Crippen molar-refractivity contribution in [1.82, 2.24) is 9.78 Å². The number of rotatable bonds is 4. The molecule has 0 aliphatic heterocycles. The summed E-state index contributed by atoms with van der Waals surface area (Å²) in [4.78, 5) is 10.5. The molecule has 1 aromatic carbocycles. The topological polar surface area (TPSA) is 64.3 Å². The highest BCUT2D eigenvalue weighted by Crippen LogP contribution is 2.28. The van der Waals surface area contributed by atoms with Gasteiger partial charge in [0.25, 0.3) is 0 Å². The second-order valence-electron chi connectivity index (χ2n) is 3.30. The number of ether oxygens (including phenoxy) is 1. The summed E-state index contributed by atoms with van der Waals surface area (Å²) in [6.45, 7) is -0.181. The van der Waals surface area contributed by atoms with Crippen LogP contribution in [-0.2, 0) is 11.3 Å². The molecule has 0 fully saturated rings. The second kappa shape index (κ2) is 5.01. The Balaban J connectivity index is 2.12. The lowest BCUT2D eigenvalue weighted by Gasteiger charge is -2.03. The lowest BCUT2D eigenvalue weighted by atomic mass is 10.3. The van der Waals surface area contributed by atoms with Crippen molar-refractivity contribution < 1.29 is 14.6 Å². The fourth-order valence-electron chi connectivity index (χ4n) is 1.28. The van der Waals surface area contributed by atoms with Crippen molar-refractivity contribution in [3.63, 3.8) is 0 Å². The van der Waals surface area contributed by atoms with Gasteiger partial charge in [0, 0.05) is 0 Å². The Labute approximate surface area is 106 Å². The molecule has 0 amide bonds. The van der Waals surface area contributed by atoms with Gasteiger partial charge in [-0.1, -0.05) is 12.1 Å². The Kier molecular flexibility index (Phi) is 3.43. The molecule has 0 saturated carbocycles. The number of hydrogen-bond donors (Lipinski definition) is 1. The maximum Gasteiger partial charge on any atom is 0.325 e. The van der Waals surface area contributed by atoms with Crippen LogP contribution < -0.4 is 4.74 Å². The Morgan fingerprint density at radius 1 is 1.47 bits per heavy atom. The van der Waals surface area contributed by atoms with Gasteiger partial charge in [0.15, 0.2) is 5.75 Å². The van der Waals surface area contributed by atoms with Gasteiger partial charge in [-0.2, -0.15) is 5.10 Å². The van der Waals surface area contributed by atoms with Crippen LogP contribution in [0.5, 0.6) is 11.5 Å². The summed E-state index contributed by atoms with van der Waals surface area (Å²) in [5, 5.41) is 12.5. The number of carbonyl (C=O) groups is 1. The molecule has 0 aliphatic carbocycles. The maximum absolute atomic E-state index is 10.5. The van der Waals surface area contributed by atoms with Crippen LogP contribution in [0.1, 0.15) is 0 Å². The molecule has 6 heteroatoms. The van der Waals surface area contributed by atoms with Crippen LogP contribution in [0, 0.1) is 0 Å². The number of para-hydroxylation sites is 1. The number of carboxylic acid groups (broad SMARTS) is 1. The van der Waals surface area contributed by atoms with Gasteiger partial charge in [0.05, 0.1) is 16.9 Å². The quantitative estimate of drug-likeness (QED) is 0.941. The van der Waals surface area contributed by atoms with Crippen LogP contribution >= 0.6 is 15.9 Å². The molecule has 88 valence electrons. The summed E-state index contributed by atoms with van der Waals surface area (Å²) in [5.41, 5.74) is 0. The van der Waals surface area contributed by atoms with E-state index in [9.17, 15) is 4.79 Å². The number of benzene rings is 1. The lowest BCUT2D eigenvalue weighted by Crippen LogP contribution is -2.08. The van der Waals surface area contributed by atoms with E-state index in [1.165, 1.54) is 17.1 Å². The van der Waals surface area contributed by atoms with Gasteiger partial charge < -0.3 is 9.84 Å². The van der Waals surface area contributed by atoms with E-state index >= 15 is 0 Å². The molecule has 1 aromatic heterocycles. The van der Waals surface area contributed by atoms with Crippen molar-refractivity contribution in [3.05, 3.63) is 41.1 Å². The van der Waals surface area contributed by atoms with Crippen LogP contribution in [-0.4, -0.2) is 20.9 Å². The standard InChI is InChI=1S/C11H9BrN2O3/c12-9-3-1-2-4-10(9)17-8-5-13-14(6-8)7-11(15)16/h1-6H,7H2,(H,15,16). The number of halogens is 1. The Bertz CT molecular complexity index is 539. The number of aliphatic carboxylic acids is 1. The summed E-state index contributed by atoms with van der Waals surface area (Å²) < 4.78 is 7.67. The summed E-state index contributed by atoms with van der Waals surface area (Å²) in [6.07, 6.45) is 3.01. The zero-order valence-corrected chi connectivity index (χ0v) is 10.3. The van der Waals surface area contributed by atoms with Crippen LogP contribution in [0.25, 0.3) is 0 Å². The van der Waals surface area contributed by atoms with E-state index in [1.54, 1.807) is 6.07 Å². The number of hydrogen-bond acceptors (Lipinski definition) is 3. The van der Waals surface area contributed by atoms with E-state index in [4.69, 9.17) is 9.84 Å². The first-order valence-electron chi connectivity index (χ1n) is 4.82. The summed E-state index contributed by atoms with van der Waals surface area (Å²) >= 11 is 3.35. The van der Waals surface area contributed by atoms with Crippen LogP contribution in [0.3, 0.4) is 0 Å². The summed E-state index contributed by atoms with van der Waals surface area (Å²) in [7, 11) is 0. The smallest absolute Gasteiger partial charge is 0.325 e. The fraction of sp³-hybridized carbons (Fsp3) is 0.0909. The lowest BCUT2D eigenvalue weighted by molar-refractivity contribution is -0.137. The molecule has 0 spiro atoms. The summed E-state index contributed by atoms with van der Waals surface area (Å²) in [5.74, 6) is 0.209. The van der Waals surface area contributed by atoms with Crippen molar-refractivity contribution in [3.8, 4) is 11.5 Å². The predicted molar refractivity (Wildman–Crippen MR) is 64.1 cm³/mol. The Morgan fingerprint density at radius 2 is 2.24 bits per heavy atom. The van der Waals surface area contributed by atoms with Gasteiger partial charge in [-0.05, 0) is 28.1 Å². The van der Waals surface area contributed by atoms with Gasteiger partial charge in [-0.25, -0.2) is 0 Å². The molecule has 0 bridgehead atoms. The molecule has 0 atom stereocenters. The first-order valence-corrected chi connectivity index (χ1v) is 5.61. The molecule has 0 saturated heterocycles. The number of aromatic nitrogens is 2. The molecule has 2 aromatic rings. The minimum absolute atomic E-state index is 0.181. The van der Waals surface area contributed by atoms with Gasteiger partial charge in [0.1, 0.15) is 12.3 Å². The highest BCUT2D eigenvalue weighted by Gasteiger charge is 2.06. The molecule has 0 radical (unpaired) electrons. The Morgan fingerprint density at radius 3 is 2.94 bits per heavy atom. The third kappa shape index (κ3) is 3.07. The maximum atomic E-state index is 10.5. The van der Waals surface area contributed by atoms with Crippen molar-refractivity contribution in [2.75, 3.05) is 0 Å². The molecule has 0 aliphatic rings. The van der Waals surface area contributed by atoms with Crippen LogP contribution in [0.2, 0.25) is 0 Å². The zero-order valence-electron chi connectivity index (χ0n) is 8.71. The predicted octanol–water partition coefficient (Wildman–Crippen LogP) is 2.52. The van der Waals surface area contributed by atoms with Crippen LogP contribution in [0.15, 0.2) is 41.1 Å². The third-order valence-corrected chi connectivity index (χ3v) is 2.63. The van der Waals surface area contributed by atoms with E-state index in [-0.39, 0.29) is 6.54 Å². The van der Waals surface area contributed by atoms with E-state index < -0.39 is 5.97 Å². The molecule has 2 rings (SSSR count). The fourth-order valence-corrected chi connectivity index (χ4v) is 1.64. The normalized spacial score (nSPS) is 10.2. The van der Waals surface area contributed by atoms with Crippen molar-refractivity contribution in [2.24, 2.45) is 0 Å². The van der Waals surface area contributed by atoms with E-state index in [0.717, 1.165) is 4.47 Å². The van der Waals surface area contributed by atoms with Crippen molar-refractivity contribution in [1.29, 1.82) is 0 Å². The van der Waals surface area contributed by atoms with E-state index in [0.29, 0.717) is 11.5 Å². The summed E-state index contributed by atoms with van der Waals surface area (Å²) in [6, 6.07) is 7.39.